The zero-order valence-electron chi connectivity index (χ0n) is 9.63. The maximum Gasteiger partial charge on any atom is 0.354 e. The lowest BCUT2D eigenvalue weighted by Crippen LogP contribution is -2.39. The van der Waals surface area contributed by atoms with Gasteiger partial charge in [-0.05, 0) is 13.8 Å². The largest absolute Gasteiger partial charge is 0.465 e. The molecule has 1 aliphatic rings. The van der Waals surface area contributed by atoms with Gasteiger partial charge in [0.25, 0.3) is 0 Å². The Balaban J connectivity index is 2.94. The van der Waals surface area contributed by atoms with Crippen LogP contribution in [0.4, 0.5) is 0 Å². The maximum atomic E-state index is 11.6. The highest BCUT2D eigenvalue weighted by atomic mass is 16.5. The van der Waals surface area contributed by atoms with Gasteiger partial charge in [-0.3, -0.25) is 14.6 Å². The number of esters is 2. The third kappa shape index (κ3) is 2.99. The number of rotatable bonds is 4. The Hall–Kier alpha value is -1.98. The maximum absolute atomic E-state index is 11.6. The standard InChI is InChI=1S/C11H13NO5/c1-3-16-10(14)8-7(13)5-6-12-9(8)11(15)17-4-2/h5-6,8H,3-4H2,1-2H3. The van der Waals surface area contributed by atoms with E-state index < -0.39 is 23.6 Å². The lowest BCUT2D eigenvalue weighted by atomic mass is 9.96. The van der Waals surface area contributed by atoms with Crippen molar-refractivity contribution in [1.29, 1.82) is 0 Å². The summed E-state index contributed by atoms with van der Waals surface area (Å²) in [5.41, 5.74) is -0.224. The first-order valence-electron chi connectivity index (χ1n) is 5.23. The molecule has 0 fully saturated rings. The van der Waals surface area contributed by atoms with E-state index in [1.807, 2.05) is 0 Å². The SMILES string of the molecule is CCOC(=O)C1=NC=CC(=O)C1C(=O)OCC. The average molecular weight is 239 g/mol. The lowest BCUT2D eigenvalue weighted by Gasteiger charge is -2.16. The summed E-state index contributed by atoms with van der Waals surface area (Å²) in [6.07, 6.45) is 2.30. The van der Waals surface area contributed by atoms with Gasteiger partial charge in [0, 0.05) is 12.3 Å². The molecule has 0 saturated heterocycles. The molecule has 1 heterocycles. The minimum Gasteiger partial charge on any atom is -0.465 e. The van der Waals surface area contributed by atoms with E-state index in [0.29, 0.717) is 0 Å². The summed E-state index contributed by atoms with van der Waals surface area (Å²) in [6, 6.07) is 0. The van der Waals surface area contributed by atoms with E-state index >= 15 is 0 Å². The molecule has 6 heteroatoms. The number of hydrogen-bond acceptors (Lipinski definition) is 6. The summed E-state index contributed by atoms with van der Waals surface area (Å²) >= 11 is 0. The molecular weight excluding hydrogens is 226 g/mol. The van der Waals surface area contributed by atoms with Crippen molar-refractivity contribution in [3.8, 4) is 0 Å². The summed E-state index contributed by atoms with van der Waals surface area (Å²) < 4.78 is 9.45. The van der Waals surface area contributed by atoms with Crippen LogP contribution in [-0.4, -0.2) is 36.6 Å². The van der Waals surface area contributed by atoms with Crippen molar-refractivity contribution in [3.63, 3.8) is 0 Å². The van der Waals surface area contributed by atoms with Gasteiger partial charge in [-0.1, -0.05) is 0 Å². The zero-order valence-corrected chi connectivity index (χ0v) is 9.63. The third-order valence-corrected chi connectivity index (χ3v) is 2.02. The minimum atomic E-state index is -1.31. The van der Waals surface area contributed by atoms with Gasteiger partial charge in [0.2, 0.25) is 0 Å². The van der Waals surface area contributed by atoms with Crippen LogP contribution in [0.2, 0.25) is 0 Å². The molecule has 6 nitrogen and oxygen atoms in total. The van der Waals surface area contributed by atoms with Gasteiger partial charge in [0.05, 0.1) is 13.2 Å². The van der Waals surface area contributed by atoms with Crippen LogP contribution in [0.15, 0.2) is 17.3 Å². The number of hydrogen-bond donors (Lipinski definition) is 0. The van der Waals surface area contributed by atoms with Crippen LogP contribution in [0, 0.1) is 5.92 Å². The first kappa shape index (κ1) is 13.1. The molecule has 92 valence electrons. The predicted octanol–water partition coefficient (Wildman–Crippen LogP) is 0.266. The van der Waals surface area contributed by atoms with Gasteiger partial charge in [-0.2, -0.15) is 0 Å². The van der Waals surface area contributed by atoms with Crippen molar-refractivity contribution >= 4 is 23.4 Å². The van der Waals surface area contributed by atoms with Crippen molar-refractivity contribution in [2.45, 2.75) is 13.8 Å². The number of ketones is 1. The molecule has 0 radical (unpaired) electrons. The van der Waals surface area contributed by atoms with Crippen LogP contribution in [0.5, 0.6) is 0 Å². The van der Waals surface area contributed by atoms with Gasteiger partial charge in [-0.15, -0.1) is 0 Å². The van der Waals surface area contributed by atoms with E-state index in [0.717, 1.165) is 6.08 Å². The van der Waals surface area contributed by atoms with Gasteiger partial charge in [0.15, 0.2) is 11.7 Å². The van der Waals surface area contributed by atoms with E-state index in [1.54, 1.807) is 13.8 Å². The molecule has 0 aromatic carbocycles. The van der Waals surface area contributed by atoms with Crippen LogP contribution in [-0.2, 0) is 23.9 Å². The van der Waals surface area contributed by atoms with Crippen molar-refractivity contribution < 1.29 is 23.9 Å². The van der Waals surface area contributed by atoms with E-state index in [2.05, 4.69) is 4.99 Å². The summed E-state index contributed by atoms with van der Waals surface area (Å²) in [4.78, 5) is 38.4. The van der Waals surface area contributed by atoms with Crippen LogP contribution in [0.3, 0.4) is 0 Å². The second-order valence-electron chi connectivity index (χ2n) is 3.14. The summed E-state index contributed by atoms with van der Waals surface area (Å²) in [7, 11) is 0. The smallest absolute Gasteiger partial charge is 0.354 e. The highest BCUT2D eigenvalue weighted by Crippen LogP contribution is 2.13. The Kier molecular flexibility index (Phi) is 4.56. The first-order valence-corrected chi connectivity index (χ1v) is 5.23. The molecule has 0 saturated carbocycles. The summed E-state index contributed by atoms with van der Waals surface area (Å²) in [5.74, 6) is -3.39. The van der Waals surface area contributed by atoms with Gasteiger partial charge in [-0.25, -0.2) is 4.79 Å². The molecule has 0 bridgehead atoms. The quantitative estimate of drug-likeness (QED) is 0.519. The molecule has 1 atom stereocenters. The van der Waals surface area contributed by atoms with E-state index in [-0.39, 0.29) is 18.9 Å². The van der Waals surface area contributed by atoms with Crippen molar-refractivity contribution in [2.75, 3.05) is 13.2 Å². The second kappa shape index (κ2) is 5.93. The molecule has 0 amide bonds. The highest BCUT2D eigenvalue weighted by Gasteiger charge is 2.37. The van der Waals surface area contributed by atoms with E-state index in [4.69, 9.17) is 9.47 Å². The highest BCUT2D eigenvalue weighted by molar-refractivity contribution is 6.47. The van der Waals surface area contributed by atoms with Crippen molar-refractivity contribution in [1.82, 2.24) is 0 Å². The molecule has 0 aliphatic carbocycles. The van der Waals surface area contributed by atoms with Gasteiger partial charge < -0.3 is 9.47 Å². The minimum absolute atomic E-state index is 0.127. The Bertz CT molecular complexity index is 397. The third-order valence-electron chi connectivity index (χ3n) is 2.02. The molecule has 0 spiro atoms. The Morgan fingerprint density at radius 3 is 2.53 bits per heavy atom. The second-order valence-corrected chi connectivity index (χ2v) is 3.14. The molecule has 17 heavy (non-hydrogen) atoms. The Morgan fingerprint density at radius 2 is 1.94 bits per heavy atom. The van der Waals surface area contributed by atoms with Crippen LogP contribution in [0.1, 0.15) is 13.8 Å². The zero-order chi connectivity index (χ0) is 12.8. The molecule has 0 N–H and O–H groups in total. The number of ether oxygens (including phenoxy) is 2. The monoisotopic (exact) mass is 239 g/mol. The summed E-state index contributed by atoms with van der Waals surface area (Å²) in [5, 5.41) is 0. The normalized spacial score (nSPS) is 18.6. The van der Waals surface area contributed by atoms with Crippen LogP contribution < -0.4 is 0 Å². The fraction of sp³-hybridized carbons (Fsp3) is 0.455. The topological polar surface area (TPSA) is 82.0 Å². The fourth-order valence-electron chi connectivity index (χ4n) is 1.33. The van der Waals surface area contributed by atoms with E-state index in [1.165, 1.54) is 6.20 Å². The van der Waals surface area contributed by atoms with E-state index in [9.17, 15) is 14.4 Å². The molecular formula is C11H13NO5. The summed E-state index contributed by atoms with van der Waals surface area (Å²) in [6.45, 7) is 3.51. The van der Waals surface area contributed by atoms with Gasteiger partial charge in [0.1, 0.15) is 5.71 Å². The number of nitrogens with zero attached hydrogens (tertiary/aromatic N) is 1. The van der Waals surface area contributed by atoms with Crippen molar-refractivity contribution in [2.24, 2.45) is 10.9 Å². The Morgan fingerprint density at radius 1 is 1.29 bits per heavy atom. The molecule has 0 aromatic rings. The Labute approximate surface area is 98.3 Å². The number of aliphatic imine (C=N–C) groups is 1. The molecule has 0 aromatic heterocycles. The van der Waals surface area contributed by atoms with Gasteiger partial charge >= 0.3 is 11.9 Å². The lowest BCUT2D eigenvalue weighted by molar-refractivity contribution is -0.149. The number of allylic oxidation sites excluding steroid dienone is 1. The first-order chi connectivity index (χ1) is 8.11. The molecule has 1 unspecified atom stereocenters. The average Bonchev–Trinajstić information content (AvgIpc) is 2.29. The predicted molar refractivity (Wildman–Crippen MR) is 58.3 cm³/mol. The number of carbonyl (C=O) groups excluding carboxylic acids is 3. The molecule has 1 rings (SSSR count). The molecule has 1 aliphatic heterocycles. The van der Waals surface area contributed by atoms with Crippen molar-refractivity contribution in [3.05, 3.63) is 12.3 Å². The fourth-order valence-corrected chi connectivity index (χ4v) is 1.33. The number of carbonyl (C=O) groups is 3. The van der Waals surface area contributed by atoms with Crippen LogP contribution in [0.25, 0.3) is 0 Å². The van der Waals surface area contributed by atoms with Crippen LogP contribution >= 0.6 is 0 Å².